The highest BCUT2D eigenvalue weighted by atomic mass is 15.1. The maximum absolute atomic E-state index is 5.86. The van der Waals surface area contributed by atoms with Crippen LogP contribution in [0, 0.1) is 17.8 Å². The second-order valence-electron chi connectivity index (χ2n) is 5.60. The van der Waals surface area contributed by atoms with Gasteiger partial charge >= 0.3 is 0 Å². The summed E-state index contributed by atoms with van der Waals surface area (Å²) in [5, 5.41) is 0. The fraction of sp³-hybridized carbons (Fsp3) is 1.00. The summed E-state index contributed by atoms with van der Waals surface area (Å²) in [6, 6.07) is 0. The minimum absolute atomic E-state index is 0.670. The molecule has 0 amide bonds. The first-order chi connectivity index (χ1) is 7.53. The van der Waals surface area contributed by atoms with Gasteiger partial charge in [0.2, 0.25) is 0 Å². The molecular weight excluding hydrogens is 196 g/mol. The maximum Gasteiger partial charge on any atom is 0.00218 e. The topological polar surface area (TPSA) is 29.3 Å². The molecule has 16 heavy (non-hydrogen) atoms. The van der Waals surface area contributed by atoms with Crippen LogP contribution in [-0.2, 0) is 0 Å². The van der Waals surface area contributed by atoms with Gasteiger partial charge in [-0.05, 0) is 37.3 Å². The van der Waals surface area contributed by atoms with Crippen LogP contribution < -0.4 is 5.73 Å². The minimum atomic E-state index is 0.670. The second-order valence-corrected chi connectivity index (χ2v) is 5.60. The smallest absolute Gasteiger partial charge is 0.00218 e. The lowest BCUT2D eigenvalue weighted by atomic mass is 9.96. The number of rotatable bonds is 9. The van der Waals surface area contributed by atoms with E-state index in [9.17, 15) is 0 Å². The number of hydrogen-bond acceptors (Lipinski definition) is 2. The average molecular weight is 228 g/mol. The third-order valence-electron chi connectivity index (χ3n) is 3.37. The fourth-order valence-corrected chi connectivity index (χ4v) is 2.18. The lowest BCUT2D eigenvalue weighted by Crippen LogP contribution is -2.36. The molecule has 0 saturated heterocycles. The van der Waals surface area contributed by atoms with E-state index in [1.165, 1.54) is 25.9 Å². The molecule has 0 spiro atoms. The van der Waals surface area contributed by atoms with Crippen molar-refractivity contribution < 1.29 is 0 Å². The van der Waals surface area contributed by atoms with Gasteiger partial charge in [-0.2, -0.15) is 0 Å². The molecule has 0 bridgehead atoms. The first-order valence-electron chi connectivity index (χ1n) is 6.95. The number of nitrogens with zero attached hydrogens (tertiary/aromatic N) is 1. The van der Waals surface area contributed by atoms with Crippen molar-refractivity contribution in [3.05, 3.63) is 0 Å². The summed E-state index contributed by atoms with van der Waals surface area (Å²) >= 11 is 0. The van der Waals surface area contributed by atoms with Crippen molar-refractivity contribution in [2.24, 2.45) is 23.5 Å². The quantitative estimate of drug-likeness (QED) is 0.657. The number of nitrogens with two attached hydrogens (primary N) is 1. The SMILES string of the molecule is CCC(C)CN(CC)CC(CN)CC(C)C. The molecule has 0 aliphatic heterocycles. The zero-order valence-electron chi connectivity index (χ0n) is 12.0. The molecule has 0 aliphatic carbocycles. The van der Waals surface area contributed by atoms with E-state index in [-0.39, 0.29) is 0 Å². The summed E-state index contributed by atoms with van der Waals surface area (Å²) in [5.41, 5.74) is 5.86. The highest BCUT2D eigenvalue weighted by Crippen LogP contribution is 2.13. The normalized spacial score (nSPS) is 15.8. The Morgan fingerprint density at radius 2 is 1.69 bits per heavy atom. The minimum Gasteiger partial charge on any atom is -0.330 e. The Kier molecular flexibility index (Phi) is 8.96. The number of hydrogen-bond donors (Lipinski definition) is 1. The summed E-state index contributed by atoms with van der Waals surface area (Å²) in [6.45, 7) is 15.8. The monoisotopic (exact) mass is 228 g/mol. The first-order valence-corrected chi connectivity index (χ1v) is 6.95. The third-order valence-corrected chi connectivity index (χ3v) is 3.37. The standard InChI is InChI=1S/C14H32N2/c1-6-13(5)10-16(7-2)11-14(9-15)8-12(3)4/h12-14H,6-11,15H2,1-5H3. The van der Waals surface area contributed by atoms with Crippen LogP contribution in [0.25, 0.3) is 0 Å². The second kappa shape index (κ2) is 9.00. The molecule has 0 heterocycles. The van der Waals surface area contributed by atoms with E-state index >= 15 is 0 Å². The largest absolute Gasteiger partial charge is 0.330 e. The van der Waals surface area contributed by atoms with Crippen molar-refractivity contribution in [2.45, 2.75) is 47.5 Å². The van der Waals surface area contributed by atoms with Crippen molar-refractivity contribution in [2.75, 3.05) is 26.2 Å². The molecule has 0 saturated carbocycles. The Morgan fingerprint density at radius 1 is 1.06 bits per heavy atom. The van der Waals surface area contributed by atoms with Gasteiger partial charge in [-0.15, -0.1) is 0 Å². The maximum atomic E-state index is 5.86. The summed E-state index contributed by atoms with van der Waals surface area (Å²) in [7, 11) is 0. The van der Waals surface area contributed by atoms with Gasteiger partial charge in [0.15, 0.2) is 0 Å². The summed E-state index contributed by atoms with van der Waals surface area (Å²) in [6.07, 6.45) is 2.53. The Morgan fingerprint density at radius 3 is 2.06 bits per heavy atom. The van der Waals surface area contributed by atoms with E-state index < -0.39 is 0 Å². The van der Waals surface area contributed by atoms with E-state index in [1.807, 2.05) is 0 Å². The van der Waals surface area contributed by atoms with Gasteiger partial charge < -0.3 is 10.6 Å². The lowest BCUT2D eigenvalue weighted by molar-refractivity contribution is 0.199. The van der Waals surface area contributed by atoms with Crippen LogP contribution in [0.2, 0.25) is 0 Å². The predicted octanol–water partition coefficient (Wildman–Crippen LogP) is 2.98. The summed E-state index contributed by atoms with van der Waals surface area (Å²) < 4.78 is 0. The average Bonchev–Trinajstić information content (AvgIpc) is 2.25. The fourth-order valence-electron chi connectivity index (χ4n) is 2.18. The molecule has 2 heteroatoms. The molecule has 0 radical (unpaired) electrons. The molecule has 0 fully saturated rings. The van der Waals surface area contributed by atoms with Crippen molar-refractivity contribution in [3.8, 4) is 0 Å². The van der Waals surface area contributed by atoms with Crippen molar-refractivity contribution in [1.29, 1.82) is 0 Å². The van der Waals surface area contributed by atoms with Crippen molar-refractivity contribution in [3.63, 3.8) is 0 Å². The first kappa shape index (κ1) is 15.9. The molecule has 2 atom stereocenters. The van der Waals surface area contributed by atoms with Crippen molar-refractivity contribution in [1.82, 2.24) is 4.90 Å². The zero-order valence-corrected chi connectivity index (χ0v) is 12.0. The van der Waals surface area contributed by atoms with E-state index in [0.717, 1.165) is 24.9 Å². The van der Waals surface area contributed by atoms with Gasteiger partial charge in [0.05, 0.1) is 0 Å². The van der Waals surface area contributed by atoms with E-state index in [0.29, 0.717) is 5.92 Å². The van der Waals surface area contributed by atoms with Gasteiger partial charge in [0.25, 0.3) is 0 Å². The third kappa shape index (κ3) is 7.24. The van der Waals surface area contributed by atoms with Gasteiger partial charge in [-0.1, -0.05) is 41.0 Å². The van der Waals surface area contributed by atoms with Crippen molar-refractivity contribution >= 4 is 0 Å². The molecule has 2 N–H and O–H groups in total. The Balaban J connectivity index is 4.05. The van der Waals surface area contributed by atoms with Gasteiger partial charge in [0.1, 0.15) is 0 Å². The highest BCUT2D eigenvalue weighted by Gasteiger charge is 2.14. The molecule has 0 aromatic heterocycles. The van der Waals surface area contributed by atoms with Gasteiger partial charge in [0, 0.05) is 13.1 Å². The van der Waals surface area contributed by atoms with E-state index in [1.54, 1.807) is 0 Å². The highest BCUT2D eigenvalue weighted by molar-refractivity contribution is 4.69. The lowest BCUT2D eigenvalue weighted by Gasteiger charge is -2.28. The van der Waals surface area contributed by atoms with Gasteiger partial charge in [-0.3, -0.25) is 0 Å². The Hall–Kier alpha value is -0.0800. The molecule has 98 valence electrons. The van der Waals surface area contributed by atoms with E-state index in [4.69, 9.17) is 5.73 Å². The molecule has 0 aliphatic rings. The molecule has 0 aromatic carbocycles. The molecule has 0 aromatic rings. The van der Waals surface area contributed by atoms with Crippen LogP contribution in [0.3, 0.4) is 0 Å². The van der Waals surface area contributed by atoms with Crippen LogP contribution in [0.5, 0.6) is 0 Å². The summed E-state index contributed by atoms with van der Waals surface area (Å²) in [4.78, 5) is 2.56. The molecule has 2 nitrogen and oxygen atoms in total. The van der Waals surface area contributed by atoms with Crippen LogP contribution in [0.15, 0.2) is 0 Å². The van der Waals surface area contributed by atoms with Gasteiger partial charge in [-0.25, -0.2) is 0 Å². The predicted molar refractivity (Wildman–Crippen MR) is 73.6 cm³/mol. The van der Waals surface area contributed by atoms with Crippen LogP contribution in [0.4, 0.5) is 0 Å². The Bertz CT molecular complexity index is 157. The zero-order chi connectivity index (χ0) is 12.6. The summed E-state index contributed by atoms with van der Waals surface area (Å²) in [5.74, 6) is 2.23. The molecule has 2 unspecified atom stereocenters. The molecular formula is C14H32N2. The molecule has 0 rings (SSSR count). The van der Waals surface area contributed by atoms with E-state index in [2.05, 4.69) is 39.5 Å². The Labute approximate surface area is 103 Å². The van der Waals surface area contributed by atoms with Crippen LogP contribution >= 0.6 is 0 Å². The van der Waals surface area contributed by atoms with Crippen LogP contribution in [0.1, 0.15) is 47.5 Å². The van der Waals surface area contributed by atoms with Crippen LogP contribution in [-0.4, -0.2) is 31.1 Å².